The van der Waals surface area contributed by atoms with Crippen LogP contribution < -0.4 is 14.9 Å². The summed E-state index contributed by atoms with van der Waals surface area (Å²) < 4.78 is 58.6. The number of fused-ring (bicyclic) bond motifs is 1. The molecule has 0 spiro atoms. The van der Waals surface area contributed by atoms with E-state index >= 15 is 0 Å². The number of nitrogens with one attached hydrogen (secondary N) is 2. The van der Waals surface area contributed by atoms with Gasteiger partial charge in [-0.25, -0.2) is 26.9 Å². The Morgan fingerprint density at radius 1 is 1.17 bits per heavy atom. The lowest BCUT2D eigenvalue weighted by Gasteiger charge is -2.38. The quantitative estimate of drug-likeness (QED) is 0.477. The monoisotopic (exact) mass is 537 g/mol. The maximum atomic E-state index is 13.6. The number of pyridine rings is 1. The first-order valence-corrected chi connectivity index (χ1v) is 14.5. The zero-order valence-corrected chi connectivity index (χ0v) is 22.0. The molecule has 3 fully saturated rings. The van der Waals surface area contributed by atoms with Crippen molar-refractivity contribution in [2.45, 2.75) is 80.8 Å². The SMILES string of the molecule is C[C@H]1CN(c2cc(S(=O)(=O)NC3(C)CC3)cn3c(-c4nnc(C5(C(F)F)CC5)s4)ncc23)C[C@H](C)N1. The van der Waals surface area contributed by atoms with E-state index in [-0.39, 0.29) is 17.0 Å². The summed E-state index contributed by atoms with van der Waals surface area (Å²) in [5.74, 6) is 0.394. The molecule has 0 bridgehead atoms. The van der Waals surface area contributed by atoms with Gasteiger partial charge in [-0.15, -0.1) is 10.2 Å². The number of sulfonamides is 1. The fourth-order valence-corrected chi connectivity index (χ4v) is 7.55. The Labute approximate surface area is 212 Å². The lowest BCUT2D eigenvalue weighted by Crippen LogP contribution is -2.54. The fraction of sp³-hybridized carbons (Fsp3) is 0.609. The lowest BCUT2D eigenvalue weighted by molar-refractivity contribution is 0.101. The van der Waals surface area contributed by atoms with Crippen LogP contribution in [0.4, 0.5) is 14.5 Å². The van der Waals surface area contributed by atoms with Gasteiger partial charge in [0.1, 0.15) is 9.90 Å². The molecule has 1 saturated heterocycles. The second-order valence-electron chi connectivity index (χ2n) is 10.8. The third kappa shape index (κ3) is 4.09. The average Bonchev–Trinajstić information content (AvgIpc) is 3.64. The maximum Gasteiger partial charge on any atom is 0.250 e. The Kier molecular flexibility index (Phi) is 5.46. The molecule has 2 N–H and O–H groups in total. The Morgan fingerprint density at radius 2 is 1.86 bits per heavy atom. The minimum absolute atomic E-state index is 0.132. The van der Waals surface area contributed by atoms with Crippen LogP contribution in [0.3, 0.4) is 0 Å². The van der Waals surface area contributed by atoms with Gasteiger partial charge in [0.25, 0.3) is 6.43 Å². The van der Waals surface area contributed by atoms with Crippen molar-refractivity contribution < 1.29 is 17.2 Å². The summed E-state index contributed by atoms with van der Waals surface area (Å²) in [6.45, 7) is 7.49. The van der Waals surface area contributed by atoms with Crippen LogP contribution >= 0.6 is 11.3 Å². The Hall–Kier alpha value is -2.22. The molecule has 194 valence electrons. The van der Waals surface area contributed by atoms with Crippen LogP contribution in [0.1, 0.15) is 51.5 Å². The first-order valence-electron chi connectivity index (χ1n) is 12.2. The Bertz CT molecular complexity index is 1420. The molecule has 0 radical (unpaired) electrons. The molecule has 13 heteroatoms. The molecule has 1 aliphatic heterocycles. The molecule has 36 heavy (non-hydrogen) atoms. The number of anilines is 1. The van der Waals surface area contributed by atoms with E-state index in [1.54, 1.807) is 22.9 Å². The molecule has 3 aromatic rings. The van der Waals surface area contributed by atoms with Crippen molar-refractivity contribution in [1.82, 2.24) is 29.6 Å². The normalized spacial score (nSPS) is 25.0. The standard InChI is InChI=1S/C23H29F2N7O2S2/c1-13-10-31(11-14(2)27-13)16-8-15(36(33,34)30-22(3)4-5-22)12-32-17(16)9-26-18(32)19-28-29-21(35-19)23(6-7-23)20(24)25/h8-9,12-14,20,27,30H,4-7,10-11H2,1-3H3/t13-,14-/m0/s1. The number of rotatable bonds is 7. The largest absolute Gasteiger partial charge is 0.367 e. The number of aromatic nitrogens is 4. The zero-order chi connectivity index (χ0) is 25.5. The average molecular weight is 538 g/mol. The number of hydrogen-bond donors (Lipinski definition) is 2. The highest BCUT2D eigenvalue weighted by Crippen LogP contribution is 2.54. The van der Waals surface area contributed by atoms with E-state index in [0.717, 1.165) is 35.4 Å². The van der Waals surface area contributed by atoms with Gasteiger partial charge in [0.15, 0.2) is 10.8 Å². The maximum absolute atomic E-state index is 13.6. The van der Waals surface area contributed by atoms with Crippen molar-refractivity contribution in [2.75, 3.05) is 18.0 Å². The lowest BCUT2D eigenvalue weighted by atomic mass is 10.1. The van der Waals surface area contributed by atoms with Gasteiger partial charge in [-0.3, -0.25) is 4.40 Å². The molecule has 2 aliphatic carbocycles. The van der Waals surface area contributed by atoms with Crippen LogP contribution in [0.5, 0.6) is 0 Å². The summed E-state index contributed by atoms with van der Waals surface area (Å²) in [7, 11) is -3.80. The van der Waals surface area contributed by atoms with E-state index in [2.05, 4.69) is 44.0 Å². The molecule has 3 aromatic heterocycles. The molecule has 3 aliphatic rings. The number of halogens is 2. The Balaban J connectivity index is 1.48. The molecular weight excluding hydrogens is 508 g/mol. The van der Waals surface area contributed by atoms with Crippen LogP contribution in [-0.4, -0.2) is 65.1 Å². The highest BCUT2D eigenvalue weighted by atomic mass is 32.2. The van der Waals surface area contributed by atoms with Crippen LogP contribution in [0, 0.1) is 0 Å². The van der Waals surface area contributed by atoms with E-state index in [4.69, 9.17) is 0 Å². The van der Waals surface area contributed by atoms with E-state index in [1.165, 1.54) is 0 Å². The fourth-order valence-electron chi connectivity index (χ4n) is 4.98. The summed E-state index contributed by atoms with van der Waals surface area (Å²) in [5, 5.41) is 12.5. The summed E-state index contributed by atoms with van der Waals surface area (Å²) in [6.07, 6.45) is 3.11. The first kappa shape index (κ1) is 24.1. The van der Waals surface area contributed by atoms with Crippen LogP contribution in [0.15, 0.2) is 23.4 Å². The van der Waals surface area contributed by atoms with Gasteiger partial charge in [0.05, 0.1) is 22.8 Å². The Morgan fingerprint density at radius 3 is 2.47 bits per heavy atom. The summed E-state index contributed by atoms with van der Waals surface area (Å²) >= 11 is 1.10. The van der Waals surface area contributed by atoms with Crippen LogP contribution in [0.25, 0.3) is 16.3 Å². The highest BCUT2D eigenvalue weighted by Gasteiger charge is 2.55. The topological polar surface area (TPSA) is 105 Å². The van der Waals surface area contributed by atoms with Crippen molar-refractivity contribution in [1.29, 1.82) is 0 Å². The van der Waals surface area contributed by atoms with E-state index < -0.39 is 27.4 Å². The highest BCUT2D eigenvalue weighted by molar-refractivity contribution is 7.89. The van der Waals surface area contributed by atoms with Crippen molar-refractivity contribution in [3.8, 4) is 10.8 Å². The number of imidazole rings is 1. The number of piperazine rings is 1. The predicted octanol–water partition coefficient (Wildman–Crippen LogP) is 3.17. The second kappa shape index (κ2) is 8.14. The van der Waals surface area contributed by atoms with Gasteiger partial charge in [0, 0.05) is 36.9 Å². The molecule has 0 aromatic carbocycles. The molecule has 2 atom stereocenters. The molecule has 4 heterocycles. The summed E-state index contributed by atoms with van der Waals surface area (Å²) in [6, 6.07) is 2.14. The van der Waals surface area contributed by atoms with E-state index in [9.17, 15) is 17.2 Å². The molecule has 2 saturated carbocycles. The number of nitrogens with zero attached hydrogens (tertiary/aromatic N) is 5. The van der Waals surface area contributed by atoms with Gasteiger partial charge in [-0.1, -0.05) is 11.3 Å². The van der Waals surface area contributed by atoms with Crippen LogP contribution in [0.2, 0.25) is 0 Å². The van der Waals surface area contributed by atoms with Gasteiger partial charge in [-0.05, 0) is 52.5 Å². The van der Waals surface area contributed by atoms with Crippen molar-refractivity contribution >= 4 is 32.6 Å². The van der Waals surface area contributed by atoms with E-state index in [1.807, 2.05) is 6.92 Å². The minimum atomic E-state index is -3.80. The molecule has 0 unspecified atom stereocenters. The third-order valence-corrected chi connectivity index (χ3v) is 10.2. The van der Waals surface area contributed by atoms with Gasteiger partial charge in [-0.2, -0.15) is 0 Å². The van der Waals surface area contributed by atoms with Crippen molar-refractivity contribution in [3.63, 3.8) is 0 Å². The number of hydrogen-bond acceptors (Lipinski definition) is 8. The summed E-state index contributed by atoms with van der Waals surface area (Å²) in [5.41, 5.74) is -0.145. The first-order chi connectivity index (χ1) is 17.0. The zero-order valence-electron chi connectivity index (χ0n) is 20.3. The van der Waals surface area contributed by atoms with E-state index in [0.29, 0.717) is 41.8 Å². The van der Waals surface area contributed by atoms with Gasteiger partial charge in [0.2, 0.25) is 10.0 Å². The molecule has 6 rings (SSSR count). The smallest absolute Gasteiger partial charge is 0.250 e. The molecule has 9 nitrogen and oxygen atoms in total. The van der Waals surface area contributed by atoms with Crippen molar-refractivity contribution in [3.05, 3.63) is 23.5 Å². The van der Waals surface area contributed by atoms with Crippen molar-refractivity contribution in [2.24, 2.45) is 0 Å². The summed E-state index contributed by atoms with van der Waals surface area (Å²) in [4.78, 5) is 6.86. The van der Waals surface area contributed by atoms with Gasteiger partial charge < -0.3 is 10.2 Å². The predicted molar refractivity (Wildman–Crippen MR) is 133 cm³/mol. The number of alkyl halides is 2. The third-order valence-electron chi connectivity index (χ3n) is 7.43. The van der Waals surface area contributed by atoms with Crippen LogP contribution in [-0.2, 0) is 15.4 Å². The molecule has 0 amide bonds. The molecular formula is C23H29F2N7O2S2. The van der Waals surface area contributed by atoms with Gasteiger partial charge >= 0.3 is 0 Å². The minimum Gasteiger partial charge on any atom is -0.367 e. The second-order valence-corrected chi connectivity index (χ2v) is 13.5.